The quantitative estimate of drug-likeness (QED) is 0.667. The molecule has 3 rings (SSSR count). The maximum atomic E-state index is 12.1. The normalized spacial score (nSPS) is 15.0. The fourth-order valence-corrected chi connectivity index (χ4v) is 3.34. The first-order valence-corrected chi connectivity index (χ1v) is 10.1. The molecule has 1 aliphatic heterocycles. The van der Waals surface area contributed by atoms with Gasteiger partial charge in [-0.15, -0.1) is 0 Å². The number of aryl methyl sites for hydroxylation is 2. The lowest BCUT2D eigenvalue weighted by Gasteiger charge is -2.26. The second-order valence-corrected chi connectivity index (χ2v) is 7.27. The smallest absolute Gasteiger partial charge is 0.244 e. The Labute approximate surface area is 176 Å². The molecule has 1 fully saturated rings. The number of rotatable bonds is 8. The van der Waals surface area contributed by atoms with Crippen LogP contribution in [0.4, 0.5) is 0 Å². The number of aromatic nitrogens is 2. The lowest BCUT2D eigenvalue weighted by molar-refractivity contribution is -0.116. The van der Waals surface area contributed by atoms with Gasteiger partial charge in [0.15, 0.2) is 0 Å². The van der Waals surface area contributed by atoms with E-state index in [2.05, 4.69) is 15.3 Å². The predicted octanol–water partition coefficient (Wildman–Crippen LogP) is 2.42. The van der Waals surface area contributed by atoms with Gasteiger partial charge in [0.1, 0.15) is 17.5 Å². The maximum Gasteiger partial charge on any atom is 0.244 e. The molecule has 0 bridgehead atoms. The van der Waals surface area contributed by atoms with Crippen LogP contribution in [0, 0.1) is 6.92 Å². The van der Waals surface area contributed by atoms with E-state index in [4.69, 9.17) is 21.1 Å². The highest BCUT2D eigenvalue weighted by atomic mass is 35.5. The Bertz CT molecular complexity index is 860. The Morgan fingerprint density at radius 3 is 2.90 bits per heavy atom. The van der Waals surface area contributed by atoms with Gasteiger partial charge in [0.2, 0.25) is 5.91 Å². The van der Waals surface area contributed by atoms with Crippen molar-refractivity contribution in [2.24, 2.45) is 7.05 Å². The molecule has 1 aliphatic rings. The molecule has 156 valence electrons. The Morgan fingerprint density at radius 2 is 2.17 bits per heavy atom. The van der Waals surface area contributed by atoms with Crippen molar-refractivity contribution in [3.05, 3.63) is 52.3 Å². The van der Waals surface area contributed by atoms with Crippen molar-refractivity contribution in [1.29, 1.82) is 0 Å². The highest BCUT2D eigenvalue weighted by molar-refractivity contribution is 6.31. The summed E-state index contributed by atoms with van der Waals surface area (Å²) < 4.78 is 12.8. The topological polar surface area (TPSA) is 68.6 Å². The van der Waals surface area contributed by atoms with Crippen LogP contribution < -0.4 is 10.1 Å². The number of amides is 1. The van der Waals surface area contributed by atoms with Gasteiger partial charge >= 0.3 is 0 Å². The first kappa shape index (κ1) is 21.4. The third kappa shape index (κ3) is 6.32. The van der Waals surface area contributed by atoms with Gasteiger partial charge in [0.25, 0.3) is 0 Å². The summed E-state index contributed by atoms with van der Waals surface area (Å²) in [5.74, 6) is 0.612. The summed E-state index contributed by atoms with van der Waals surface area (Å²) in [4.78, 5) is 14.5. The monoisotopic (exact) mass is 418 g/mol. The van der Waals surface area contributed by atoms with Crippen molar-refractivity contribution in [2.75, 3.05) is 39.5 Å². The first-order chi connectivity index (χ1) is 14.0. The Morgan fingerprint density at radius 1 is 1.38 bits per heavy atom. The number of hydrogen-bond donors (Lipinski definition) is 1. The number of carbonyl (C=O) groups is 1. The molecular formula is C21H27ClN4O3. The van der Waals surface area contributed by atoms with E-state index in [-0.39, 0.29) is 5.91 Å². The van der Waals surface area contributed by atoms with Gasteiger partial charge in [0.05, 0.1) is 18.9 Å². The number of halogens is 1. The van der Waals surface area contributed by atoms with E-state index in [0.717, 1.165) is 55.4 Å². The van der Waals surface area contributed by atoms with E-state index in [1.165, 1.54) is 6.08 Å². The third-order valence-corrected chi connectivity index (χ3v) is 5.19. The van der Waals surface area contributed by atoms with Crippen molar-refractivity contribution in [3.63, 3.8) is 0 Å². The molecule has 0 atom stereocenters. The third-order valence-electron chi connectivity index (χ3n) is 4.74. The summed E-state index contributed by atoms with van der Waals surface area (Å²) in [6.07, 6.45) is 3.16. The minimum Gasteiger partial charge on any atom is -0.492 e. The van der Waals surface area contributed by atoms with Gasteiger partial charge in [-0.25, -0.2) is 0 Å². The van der Waals surface area contributed by atoms with Crippen LogP contribution in [0.2, 0.25) is 5.15 Å². The molecule has 0 saturated carbocycles. The molecule has 29 heavy (non-hydrogen) atoms. The van der Waals surface area contributed by atoms with Crippen LogP contribution in [0.1, 0.15) is 16.8 Å². The largest absolute Gasteiger partial charge is 0.492 e. The van der Waals surface area contributed by atoms with Crippen molar-refractivity contribution >= 4 is 23.6 Å². The summed E-state index contributed by atoms with van der Waals surface area (Å²) >= 11 is 6.17. The molecule has 1 saturated heterocycles. The number of hydrogen-bond acceptors (Lipinski definition) is 5. The number of carbonyl (C=O) groups excluding carboxylic acids is 1. The van der Waals surface area contributed by atoms with Gasteiger partial charge in [-0.1, -0.05) is 23.7 Å². The number of nitrogens with one attached hydrogen (secondary N) is 1. The van der Waals surface area contributed by atoms with Gasteiger partial charge in [-0.3, -0.25) is 14.4 Å². The van der Waals surface area contributed by atoms with Crippen LogP contribution in [0.25, 0.3) is 6.08 Å². The van der Waals surface area contributed by atoms with Crippen LogP contribution in [0.5, 0.6) is 5.75 Å². The lowest BCUT2D eigenvalue weighted by Crippen LogP contribution is -2.38. The minimum absolute atomic E-state index is 0.192. The van der Waals surface area contributed by atoms with Crippen molar-refractivity contribution in [1.82, 2.24) is 20.0 Å². The van der Waals surface area contributed by atoms with E-state index in [1.807, 2.05) is 31.2 Å². The molecule has 0 radical (unpaired) electrons. The maximum absolute atomic E-state index is 12.1. The number of nitrogens with zero attached hydrogens (tertiary/aromatic N) is 3. The highest BCUT2D eigenvalue weighted by Gasteiger charge is 2.10. The Kier molecular flexibility index (Phi) is 7.69. The van der Waals surface area contributed by atoms with E-state index >= 15 is 0 Å². The minimum atomic E-state index is -0.192. The van der Waals surface area contributed by atoms with Gasteiger partial charge in [-0.05, 0) is 30.7 Å². The van der Waals surface area contributed by atoms with Gasteiger partial charge in [-0.2, -0.15) is 5.10 Å². The van der Waals surface area contributed by atoms with E-state index < -0.39 is 0 Å². The summed E-state index contributed by atoms with van der Waals surface area (Å²) in [6, 6.07) is 7.77. The molecule has 1 N–H and O–H groups in total. The molecule has 1 aromatic carbocycles. The Hall–Kier alpha value is -2.35. The molecule has 8 heteroatoms. The molecule has 2 aromatic rings. The van der Waals surface area contributed by atoms with Crippen molar-refractivity contribution in [2.45, 2.75) is 13.5 Å². The van der Waals surface area contributed by atoms with Crippen LogP contribution in [-0.2, 0) is 23.1 Å². The van der Waals surface area contributed by atoms with E-state index in [0.29, 0.717) is 18.3 Å². The highest BCUT2D eigenvalue weighted by Crippen LogP contribution is 2.20. The zero-order valence-corrected chi connectivity index (χ0v) is 17.6. The molecule has 1 aromatic heterocycles. The van der Waals surface area contributed by atoms with Crippen molar-refractivity contribution in [3.8, 4) is 5.75 Å². The second kappa shape index (κ2) is 10.4. The average Bonchev–Trinajstić information content (AvgIpc) is 2.97. The summed E-state index contributed by atoms with van der Waals surface area (Å²) in [7, 11) is 1.77. The van der Waals surface area contributed by atoms with Crippen LogP contribution in [-0.4, -0.2) is 60.0 Å². The molecule has 0 unspecified atom stereocenters. The van der Waals surface area contributed by atoms with Crippen LogP contribution >= 0.6 is 11.6 Å². The number of ether oxygens (including phenoxy) is 2. The molecule has 7 nitrogen and oxygen atoms in total. The van der Waals surface area contributed by atoms with Gasteiger partial charge < -0.3 is 14.8 Å². The van der Waals surface area contributed by atoms with E-state index in [9.17, 15) is 4.79 Å². The predicted molar refractivity (Wildman–Crippen MR) is 113 cm³/mol. The van der Waals surface area contributed by atoms with Crippen molar-refractivity contribution < 1.29 is 14.3 Å². The van der Waals surface area contributed by atoms with E-state index in [1.54, 1.807) is 17.8 Å². The zero-order chi connectivity index (χ0) is 20.6. The Balaban J connectivity index is 1.45. The molecule has 0 spiro atoms. The molecule has 0 aliphatic carbocycles. The number of morpholine rings is 1. The van der Waals surface area contributed by atoms with Gasteiger partial charge in [0, 0.05) is 44.9 Å². The summed E-state index contributed by atoms with van der Waals surface area (Å²) in [5, 5.41) is 7.61. The zero-order valence-electron chi connectivity index (χ0n) is 16.9. The summed E-state index contributed by atoms with van der Waals surface area (Å²) in [6.45, 7) is 7.26. The molecule has 1 amide bonds. The second-order valence-electron chi connectivity index (χ2n) is 6.91. The fraction of sp³-hybridized carbons (Fsp3) is 0.429. The molecular weight excluding hydrogens is 392 g/mol. The first-order valence-electron chi connectivity index (χ1n) is 9.70. The number of benzene rings is 1. The standard InChI is InChI=1S/C21H27ClN4O3/c1-16-19(21(22)25(2)24-16)6-7-20(27)23-15-17-4-3-5-18(14-17)29-13-10-26-8-11-28-12-9-26/h3-7,14H,8-13,15H2,1-2H3,(H,23,27)/b7-6+. The van der Waals surface area contributed by atoms with Crippen LogP contribution in [0.3, 0.4) is 0 Å². The SMILES string of the molecule is Cc1nn(C)c(Cl)c1/C=C/C(=O)NCc1cccc(OCCN2CCOCC2)c1. The average molecular weight is 419 g/mol. The van der Waals surface area contributed by atoms with Crippen LogP contribution in [0.15, 0.2) is 30.3 Å². The fourth-order valence-electron chi connectivity index (χ4n) is 3.11. The summed E-state index contributed by atoms with van der Waals surface area (Å²) in [5.41, 5.74) is 2.51. The molecule has 2 heterocycles. The lowest BCUT2D eigenvalue weighted by atomic mass is 10.2.